The predicted molar refractivity (Wildman–Crippen MR) is 115 cm³/mol. The van der Waals surface area contributed by atoms with Gasteiger partial charge in [-0.05, 0) is 69.2 Å². The molecule has 2 amide bonds. The minimum atomic E-state index is -0.371. The maximum Gasteiger partial charge on any atom is 0.322 e. The van der Waals surface area contributed by atoms with Gasteiger partial charge in [0.1, 0.15) is 11.6 Å². The van der Waals surface area contributed by atoms with Crippen molar-refractivity contribution in [2.45, 2.75) is 38.8 Å². The Morgan fingerprint density at radius 3 is 2.27 bits per heavy atom. The van der Waals surface area contributed by atoms with Gasteiger partial charge in [-0.3, -0.25) is 4.90 Å². The van der Waals surface area contributed by atoms with Crippen molar-refractivity contribution in [3.8, 4) is 0 Å². The van der Waals surface area contributed by atoms with Gasteiger partial charge in [-0.1, -0.05) is 0 Å². The number of halogens is 2. The fourth-order valence-electron chi connectivity index (χ4n) is 4.29. The van der Waals surface area contributed by atoms with E-state index in [-0.39, 0.29) is 23.7 Å². The molecule has 1 saturated heterocycles. The fraction of sp³-hybridized carbons (Fsp3) is 0.435. The summed E-state index contributed by atoms with van der Waals surface area (Å²) >= 11 is 0. The molecule has 0 atom stereocenters. The van der Waals surface area contributed by atoms with Gasteiger partial charge >= 0.3 is 6.03 Å². The van der Waals surface area contributed by atoms with Crippen LogP contribution in [0.15, 0.2) is 42.5 Å². The molecule has 4 rings (SSSR count). The Morgan fingerprint density at radius 1 is 0.933 bits per heavy atom. The normalized spacial score (nSPS) is 17.9. The molecule has 0 aliphatic carbocycles. The Balaban J connectivity index is 1.51. The lowest BCUT2D eigenvalue weighted by molar-refractivity contribution is 0.162. The molecular weight excluding hydrogens is 386 g/mol. The van der Waals surface area contributed by atoms with E-state index in [1.54, 1.807) is 23.1 Å². The second-order valence-corrected chi connectivity index (χ2v) is 8.27. The van der Waals surface area contributed by atoms with E-state index < -0.39 is 0 Å². The molecule has 5 nitrogen and oxygen atoms in total. The standard InChI is InChI=1S/C23H28F2N4O/c1-16(2)27-11-9-19(10-12-27)26-23(30)29-14-13-28(20-6-3-17(24)4-7-20)22-15-18(25)5-8-21(22)29/h3-8,15-16,19H,9-14H2,1-2H3,(H,26,30). The van der Waals surface area contributed by atoms with Gasteiger partial charge in [0.15, 0.2) is 0 Å². The van der Waals surface area contributed by atoms with E-state index in [1.807, 2.05) is 4.90 Å². The molecule has 2 aromatic rings. The van der Waals surface area contributed by atoms with E-state index in [0.717, 1.165) is 31.6 Å². The summed E-state index contributed by atoms with van der Waals surface area (Å²) < 4.78 is 27.4. The van der Waals surface area contributed by atoms with Crippen molar-refractivity contribution in [2.24, 2.45) is 0 Å². The number of likely N-dealkylation sites (tertiary alicyclic amines) is 1. The minimum Gasteiger partial charge on any atom is -0.338 e. The molecular formula is C23H28F2N4O. The van der Waals surface area contributed by atoms with Gasteiger partial charge in [-0.15, -0.1) is 0 Å². The number of amides is 2. The zero-order valence-corrected chi connectivity index (χ0v) is 17.4. The van der Waals surface area contributed by atoms with E-state index >= 15 is 0 Å². The van der Waals surface area contributed by atoms with Crippen molar-refractivity contribution in [3.05, 3.63) is 54.1 Å². The van der Waals surface area contributed by atoms with E-state index in [0.29, 0.717) is 30.5 Å². The Kier molecular flexibility index (Phi) is 5.90. The van der Waals surface area contributed by atoms with E-state index in [1.165, 1.54) is 24.3 Å². The number of fused-ring (bicyclic) bond motifs is 1. The van der Waals surface area contributed by atoms with E-state index in [2.05, 4.69) is 24.1 Å². The second kappa shape index (κ2) is 8.60. The molecule has 1 N–H and O–H groups in total. The molecule has 2 aliphatic rings. The molecule has 160 valence electrons. The zero-order chi connectivity index (χ0) is 21.3. The van der Waals surface area contributed by atoms with Crippen LogP contribution in [-0.4, -0.2) is 49.2 Å². The summed E-state index contributed by atoms with van der Waals surface area (Å²) in [5, 5.41) is 3.16. The SMILES string of the molecule is CC(C)N1CCC(NC(=O)N2CCN(c3ccc(F)cc3)c3cc(F)ccc32)CC1. The number of hydrogen-bond donors (Lipinski definition) is 1. The molecule has 2 aromatic carbocycles. The van der Waals surface area contributed by atoms with Gasteiger partial charge in [0, 0.05) is 44.0 Å². The molecule has 2 heterocycles. The van der Waals surface area contributed by atoms with Crippen LogP contribution < -0.4 is 15.1 Å². The summed E-state index contributed by atoms with van der Waals surface area (Å²) in [5.41, 5.74) is 2.03. The van der Waals surface area contributed by atoms with Gasteiger partial charge < -0.3 is 15.1 Å². The molecule has 30 heavy (non-hydrogen) atoms. The van der Waals surface area contributed by atoms with Crippen LogP contribution in [0.1, 0.15) is 26.7 Å². The van der Waals surface area contributed by atoms with Crippen LogP contribution in [0, 0.1) is 11.6 Å². The topological polar surface area (TPSA) is 38.8 Å². The predicted octanol–water partition coefficient (Wildman–Crippen LogP) is 4.51. The number of carbonyl (C=O) groups excluding carboxylic acids is 1. The summed E-state index contributed by atoms with van der Waals surface area (Å²) in [6.45, 7) is 7.30. The monoisotopic (exact) mass is 414 g/mol. The highest BCUT2D eigenvalue weighted by molar-refractivity contribution is 5.98. The number of piperidine rings is 1. The number of urea groups is 1. The summed E-state index contributed by atoms with van der Waals surface area (Å²) in [6, 6.07) is 11.1. The maximum atomic E-state index is 14.0. The summed E-state index contributed by atoms with van der Waals surface area (Å²) in [4.78, 5) is 19.1. The number of hydrogen-bond acceptors (Lipinski definition) is 3. The first-order chi connectivity index (χ1) is 14.4. The van der Waals surface area contributed by atoms with Crippen LogP contribution in [0.5, 0.6) is 0 Å². The first kappa shape index (κ1) is 20.6. The Labute approximate surface area is 176 Å². The lowest BCUT2D eigenvalue weighted by Crippen LogP contribution is -2.52. The Morgan fingerprint density at radius 2 is 1.60 bits per heavy atom. The number of nitrogens with zero attached hydrogens (tertiary/aromatic N) is 3. The summed E-state index contributed by atoms with van der Waals surface area (Å²) in [6.07, 6.45) is 1.85. The van der Waals surface area contributed by atoms with Crippen LogP contribution in [0.4, 0.5) is 30.6 Å². The average molecular weight is 415 g/mol. The molecule has 0 bridgehead atoms. The van der Waals surface area contributed by atoms with Gasteiger partial charge in [0.05, 0.1) is 11.4 Å². The Hall–Kier alpha value is -2.67. The van der Waals surface area contributed by atoms with E-state index in [9.17, 15) is 13.6 Å². The lowest BCUT2D eigenvalue weighted by Gasteiger charge is -2.39. The number of rotatable bonds is 3. The van der Waals surface area contributed by atoms with Gasteiger partial charge in [0.2, 0.25) is 0 Å². The molecule has 0 aromatic heterocycles. The van der Waals surface area contributed by atoms with Crippen molar-refractivity contribution < 1.29 is 13.6 Å². The molecule has 0 saturated carbocycles. The highest BCUT2D eigenvalue weighted by atomic mass is 19.1. The summed E-state index contributed by atoms with van der Waals surface area (Å²) in [7, 11) is 0. The van der Waals surface area contributed by atoms with Crippen molar-refractivity contribution in [1.82, 2.24) is 10.2 Å². The third-order valence-electron chi connectivity index (χ3n) is 6.04. The molecule has 7 heteroatoms. The van der Waals surface area contributed by atoms with Crippen LogP contribution in [0.2, 0.25) is 0 Å². The van der Waals surface area contributed by atoms with Crippen LogP contribution >= 0.6 is 0 Å². The molecule has 0 unspecified atom stereocenters. The molecule has 1 fully saturated rings. The highest BCUT2D eigenvalue weighted by Crippen LogP contribution is 2.38. The lowest BCUT2D eigenvalue weighted by atomic mass is 10.0. The third-order valence-corrected chi connectivity index (χ3v) is 6.04. The van der Waals surface area contributed by atoms with Gasteiger partial charge in [-0.25, -0.2) is 13.6 Å². The number of carbonyl (C=O) groups is 1. The molecule has 0 radical (unpaired) electrons. The van der Waals surface area contributed by atoms with Gasteiger partial charge in [-0.2, -0.15) is 0 Å². The van der Waals surface area contributed by atoms with Crippen molar-refractivity contribution >= 4 is 23.1 Å². The number of benzene rings is 2. The largest absolute Gasteiger partial charge is 0.338 e. The number of nitrogens with one attached hydrogen (secondary N) is 1. The number of anilines is 3. The summed E-state index contributed by atoms with van der Waals surface area (Å²) in [5.74, 6) is -0.691. The smallest absolute Gasteiger partial charge is 0.322 e. The van der Waals surface area contributed by atoms with Crippen molar-refractivity contribution in [3.63, 3.8) is 0 Å². The van der Waals surface area contributed by atoms with Gasteiger partial charge in [0.25, 0.3) is 0 Å². The highest BCUT2D eigenvalue weighted by Gasteiger charge is 2.30. The van der Waals surface area contributed by atoms with E-state index in [4.69, 9.17) is 0 Å². The minimum absolute atomic E-state index is 0.145. The van der Waals surface area contributed by atoms with Crippen molar-refractivity contribution in [1.29, 1.82) is 0 Å². The molecule has 2 aliphatic heterocycles. The fourth-order valence-corrected chi connectivity index (χ4v) is 4.29. The first-order valence-corrected chi connectivity index (χ1v) is 10.6. The quantitative estimate of drug-likeness (QED) is 0.804. The third kappa shape index (κ3) is 4.26. The maximum absolute atomic E-state index is 14.0. The molecule has 0 spiro atoms. The van der Waals surface area contributed by atoms with Crippen LogP contribution in [0.3, 0.4) is 0 Å². The Bertz CT molecular complexity index is 895. The van der Waals surface area contributed by atoms with Crippen LogP contribution in [0.25, 0.3) is 0 Å². The average Bonchev–Trinajstić information content (AvgIpc) is 2.74. The van der Waals surface area contributed by atoms with Crippen molar-refractivity contribution in [2.75, 3.05) is 36.0 Å². The zero-order valence-electron chi connectivity index (χ0n) is 17.4. The van der Waals surface area contributed by atoms with Crippen LogP contribution in [-0.2, 0) is 0 Å². The first-order valence-electron chi connectivity index (χ1n) is 10.6. The second-order valence-electron chi connectivity index (χ2n) is 8.27.